The fourth-order valence-electron chi connectivity index (χ4n) is 4.92. The molecule has 0 bridgehead atoms. The highest BCUT2D eigenvalue weighted by Gasteiger charge is 2.32. The number of para-hydroxylation sites is 1. The van der Waals surface area contributed by atoms with Gasteiger partial charge < -0.3 is 15.5 Å². The molecule has 2 aliphatic rings. The number of carbonyl (C=O) groups excluding carboxylic acids is 3. The zero-order chi connectivity index (χ0) is 25.2. The standard InChI is InChI=1S/C27H43N5O3/c1-4-6-13-28-27(35)23-12-11-21(3)32(18-23)20-26(34)31-16-14-30(15-17-31)19-25(33)29-24-10-8-7-9-22(24)5-2/h7-10,21,23H,4-6,11-20H2,1-3H3,(H,28,35)(H,29,33). The molecule has 194 valence electrons. The van der Waals surface area contributed by atoms with Crippen LogP contribution in [0.5, 0.6) is 0 Å². The minimum absolute atomic E-state index is 0.0175. The number of hydrogen-bond donors (Lipinski definition) is 2. The van der Waals surface area contributed by atoms with Gasteiger partial charge in [-0.3, -0.25) is 24.2 Å². The van der Waals surface area contributed by atoms with Crippen LogP contribution < -0.4 is 10.6 Å². The second-order valence-corrected chi connectivity index (χ2v) is 9.91. The number of nitrogens with one attached hydrogen (secondary N) is 2. The number of rotatable bonds is 10. The number of carbonyl (C=O) groups is 3. The Kier molecular flexibility index (Phi) is 10.5. The van der Waals surface area contributed by atoms with Crippen LogP contribution in [-0.2, 0) is 20.8 Å². The molecule has 1 aromatic carbocycles. The Balaban J connectivity index is 1.42. The van der Waals surface area contributed by atoms with E-state index in [9.17, 15) is 14.4 Å². The second kappa shape index (κ2) is 13.6. The maximum Gasteiger partial charge on any atom is 0.238 e. The number of piperazine rings is 1. The Morgan fingerprint density at radius 2 is 1.74 bits per heavy atom. The molecule has 2 saturated heterocycles. The van der Waals surface area contributed by atoms with Crippen LogP contribution in [0.1, 0.15) is 52.0 Å². The van der Waals surface area contributed by atoms with Crippen molar-refractivity contribution in [3.05, 3.63) is 29.8 Å². The molecular formula is C27H43N5O3. The van der Waals surface area contributed by atoms with E-state index in [1.807, 2.05) is 29.2 Å². The van der Waals surface area contributed by atoms with Crippen LogP contribution in [0.4, 0.5) is 5.69 Å². The Morgan fingerprint density at radius 1 is 1.00 bits per heavy atom. The highest BCUT2D eigenvalue weighted by atomic mass is 16.2. The van der Waals surface area contributed by atoms with Crippen molar-refractivity contribution in [2.75, 3.05) is 57.7 Å². The number of aryl methyl sites for hydroxylation is 1. The molecule has 0 aromatic heterocycles. The van der Waals surface area contributed by atoms with Gasteiger partial charge in [0.05, 0.1) is 19.0 Å². The van der Waals surface area contributed by atoms with E-state index in [0.29, 0.717) is 51.9 Å². The minimum Gasteiger partial charge on any atom is -0.356 e. The first kappa shape index (κ1) is 27.1. The maximum absolute atomic E-state index is 13.0. The Labute approximate surface area is 210 Å². The lowest BCUT2D eigenvalue weighted by Crippen LogP contribution is -2.55. The van der Waals surface area contributed by atoms with Gasteiger partial charge in [-0.15, -0.1) is 0 Å². The largest absolute Gasteiger partial charge is 0.356 e. The number of anilines is 1. The summed E-state index contributed by atoms with van der Waals surface area (Å²) in [6, 6.07) is 8.19. The van der Waals surface area contributed by atoms with E-state index in [2.05, 4.69) is 41.2 Å². The Hall–Kier alpha value is -2.45. The van der Waals surface area contributed by atoms with Crippen LogP contribution >= 0.6 is 0 Å². The van der Waals surface area contributed by atoms with Gasteiger partial charge >= 0.3 is 0 Å². The summed E-state index contributed by atoms with van der Waals surface area (Å²) >= 11 is 0. The van der Waals surface area contributed by atoms with E-state index in [-0.39, 0.29) is 23.6 Å². The summed E-state index contributed by atoms with van der Waals surface area (Å²) < 4.78 is 0. The predicted molar refractivity (Wildman–Crippen MR) is 139 cm³/mol. The van der Waals surface area contributed by atoms with E-state index < -0.39 is 0 Å². The van der Waals surface area contributed by atoms with Crippen molar-refractivity contribution in [1.82, 2.24) is 20.0 Å². The highest BCUT2D eigenvalue weighted by molar-refractivity contribution is 5.93. The molecule has 8 heteroatoms. The molecule has 2 heterocycles. The molecule has 8 nitrogen and oxygen atoms in total. The molecule has 2 unspecified atom stereocenters. The van der Waals surface area contributed by atoms with Crippen LogP contribution in [0.2, 0.25) is 0 Å². The van der Waals surface area contributed by atoms with E-state index in [4.69, 9.17) is 0 Å². The fraction of sp³-hybridized carbons (Fsp3) is 0.667. The normalized spacial score (nSPS) is 21.5. The van der Waals surface area contributed by atoms with E-state index >= 15 is 0 Å². The van der Waals surface area contributed by atoms with Gasteiger partial charge in [-0.25, -0.2) is 0 Å². The van der Waals surface area contributed by atoms with Crippen molar-refractivity contribution >= 4 is 23.4 Å². The average Bonchev–Trinajstić information content (AvgIpc) is 2.86. The van der Waals surface area contributed by atoms with Crippen LogP contribution in [-0.4, -0.2) is 90.8 Å². The molecule has 0 spiro atoms. The van der Waals surface area contributed by atoms with Gasteiger partial charge in [0.25, 0.3) is 0 Å². The molecule has 0 aliphatic carbocycles. The quantitative estimate of drug-likeness (QED) is 0.497. The first-order valence-electron chi connectivity index (χ1n) is 13.3. The van der Waals surface area contributed by atoms with Crippen molar-refractivity contribution < 1.29 is 14.4 Å². The van der Waals surface area contributed by atoms with Gasteiger partial charge in [-0.1, -0.05) is 38.5 Å². The number of benzene rings is 1. The zero-order valence-corrected chi connectivity index (χ0v) is 21.7. The molecule has 1 aromatic rings. The number of hydrogen-bond acceptors (Lipinski definition) is 5. The number of unbranched alkanes of at least 4 members (excludes halogenated alkanes) is 1. The number of piperidine rings is 1. The first-order chi connectivity index (χ1) is 16.9. The number of likely N-dealkylation sites (tertiary alicyclic amines) is 1. The van der Waals surface area contributed by atoms with Crippen LogP contribution in [0.25, 0.3) is 0 Å². The molecule has 0 saturated carbocycles. The molecule has 2 atom stereocenters. The molecule has 2 N–H and O–H groups in total. The van der Waals surface area contributed by atoms with Gasteiger partial charge in [-0.05, 0) is 44.2 Å². The number of nitrogens with zero attached hydrogens (tertiary/aromatic N) is 3. The highest BCUT2D eigenvalue weighted by Crippen LogP contribution is 2.22. The third kappa shape index (κ3) is 8.04. The smallest absolute Gasteiger partial charge is 0.238 e. The lowest BCUT2D eigenvalue weighted by atomic mass is 9.92. The van der Waals surface area contributed by atoms with E-state index in [1.165, 1.54) is 0 Å². The molecule has 3 amide bonds. The SMILES string of the molecule is CCCCNC(=O)C1CCC(C)N(CC(=O)N2CCN(CC(=O)Nc3ccccc3CC)CC2)C1. The summed E-state index contributed by atoms with van der Waals surface area (Å²) in [6.07, 6.45) is 4.75. The van der Waals surface area contributed by atoms with Gasteiger partial charge in [0, 0.05) is 51.0 Å². The third-order valence-electron chi connectivity index (χ3n) is 7.31. The van der Waals surface area contributed by atoms with Crippen molar-refractivity contribution in [1.29, 1.82) is 0 Å². The van der Waals surface area contributed by atoms with Crippen LogP contribution in [0.3, 0.4) is 0 Å². The van der Waals surface area contributed by atoms with Gasteiger partial charge in [0.1, 0.15) is 0 Å². The molecule has 2 aliphatic heterocycles. The van der Waals surface area contributed by atoms with Crippen molar-refractivity contribution in [2.45, 2.75) is 58.9 Å². The summed E-state index contributed by atoms with van der Waals surface area (Å²) in [5, 5.41) is 6.08. The monoisotopic (exact) mass is 485 g/mol. The fourth-order valence-corrected chi connectivity index (χ4v) is 4.92. The lowest BCUT2D eigenvalue weighted by molar-refractivity contribution is -0.137. The molecule has 2 fully saturated rings. The van der Waals surface area contributed by atoms with E-state index in [1.54, 1.807) is 0 Å². The predicted octanol–water partition coefficient (Wildman–Crippen LogP) is 2.35. The van der Waals surface area contributed by atoms with Crippen molar-refractivity contribution in [3.63, 3.8) is 0 Å². The van der Waals surface area contributed by atoms with Gasteiger partial charge in [-0.2, -0.15) is 0 Å². The maximum atomic E-state index is 13.0. The zero-order valence-electron chi connectivity index (χ0n) is 21.7. The van der Waals surface area contributed by atoms with Crippen LogP contribution in [0.15, 0.2) is 24.3 Å². The molecule has 0 radical (unpaired) electrons. The minimum atomic E-state index is -0.0379. The topological polar surface area (TPSA) is 85.0 Å². The van der Waals surface area contributed by atoms with Crippen LogP contribution in [0, 0.1) is 5.92 Å². The van der Waals surface area contributed by atoms with Crippen molar-refractivity contribution in [2.24, 2.45) is 5.92 Å². The summed E-state index contributed by atoms with van der Waals surface area (Å²) in [5.74, 6) is 0.182. The van der Waals surface area contributed by atoms with Crippen molar-refractivity contribution in [3.8, 4) is 0 Å². The molecule has 3 rings (SSSR count). The first-order valence-corrected chi connectivity index (χ1v) is 13.3. The molecular weight excluding hydrogens is 442 g/mol. The Morgan fingerprint density at radius 3 is 2.46 bits per heavy atom. The second-order valence-electron chi connectivity index (χ2n) is 9.91. The van der Waals surface area contributed by atoms with E-state index in [0.717, 1.165) is 49.9 Å². The lowest BCUT2D eigenvalue weighted by Gasteiger charge is -2.39. The van der Waals surface area contributed by atoms with Gasteiger partial charge in [0.15, 0.2) is 0 Å². The van der Waals surface area contributed by atoms with Gasteiger partial charge in [0.2, 0.25) is 17.7 Å². The Bertz CT molecular complexity index is 853. The summed E-state index contributed by atoms with van der Waals surface area (Å²) in [6.45, 7) is 11.0. The summed E-state index contributed by atoms with van der Waals surface area (Å²) in [7, 11) is 0. The summed E-state index contributed by atoms with van der Waals surface area (Å²) in [5.41, 5.74) is 2.01. The summed E-state index contributed by atoms with van der Waals surface area (Å²) in [4.78, 5) is 44.3. The molecule has 35 heavy (non-hydrogen) atoms. The number of amides is 3. The average molecular weight is 486 g/mol. The third-order valence-corrected chi connectivity index (χ3v) is 7.31.